The minimum Gasteiger partial charge on any atom is -0.479 e. The number of hydrogen-bond donors (Lipinski definition) is 2. The van der Waals surface area contributed by atoms with Crippen LogP contribution in [0, 0.1) is 0 Å². The van der Waals surface area contributed by atoms with E-state index < -0.39 is 0 Å². The third-order valence-electron chi connectivity index (χ3n) is 1.86. The van der Waals surface area contributed by atoms with Gasteiger partial charge in [0, 0.05) is 6.54 Å². The van der Waals surface area contributed by atoms with Gasteiger partial charge in [0.05, 0.1) is 7.11 Å². The van der Waals surface area contributed by atoms with E-state index in [9.17, 15) is 0 Å². The van der Waals surface area contributed by atoms with Crippen molar-refractivity contribution in [3.63, 3.8) is 0 Å². The van der Waals surface area contributed by atoms with Crippen LogP contribution in [0.4, 0.5) is 11.5 Å². The molecular formula is C9H16N4OS. The summed E-state index contributed by atoms with van der Waals surface area (Å²) in [6.07, 6.45) is 4.60. The predicted molar refractivity (Wildman–Crippen MR) is 64.5 cm³/mol. The molecule has 5 nitrogen and oxygen atoms in total. The van der Waals surface area contributed by atoms with Crippen LogP contribution in [-0.4, -0.2) is 35.6 Å². The highest BCUT2D eigenvalue weighted by Gasteiger charge is 2.06. The molecule has 84 valence electrons. The van der Waals surface area contributed by atoms with Gasteiger partial charge in [-0.1, -0.05) is 0 Å². The number of aromatic nitrogens is 2. The van der Waals surface area contributed by atoms with Crippen LogP contribution in [0.15, 0.2) is 6.33 Å². The zero-order valence-corrected chi connectivity index (χ0v) is 9.80. The molecule has 0 amide bonds. The summed E-state index contributed by atoms with van der Waals surface area (Å²) >= 11 is 1.82. The van der Waals surface area contributed by atoms with Crippen molar-refractivity contribution in [2.45, 2.75) is 6.42 Å². The first-order valence-corrected chi connectivity index (χ1v) is 6.06. The molecule has 0 atom stereocenters. The van der Waals surface area contributed by atoms with E-state index in [1.807, 2.05) is 11.8 Å². The molecule has 0 unspecified atom stereocenters. The summed E-state index contributed by atoms with van der Waals surface area (Å²) in [7, 11) is 1.54. The Kier molecular flexibility index (Phi) is 5.03. The van der Waals surface area contributed by atoms with Crippen molar-refractivity contribution in [3.05, 3.63) is 6.33 Å². The molecule has 0 saturated carbocycles. The van der Waals surface area contributed by atoms with Crippen molar-refractivity contribution in [2.75, 3.05) is 36.7 Å². The molecule has 15 heavy (non-hydrogen) atoms. The second-order valence-electron chi connectivity index (χ2n) is 2.92. The van der Waals surface area contributed by atoms with Crippen LogP contribution in [0.25, 0.3) is 0 Å². The Morgan fingerprint density at radius 2 is 2.33 bits per heavy atom. The molecule has 0 radical (unpaired) electrons. The van der Waals surface area contributed by atoms with Crippen molar-refractivity contribution in [1.29, 1.82) is 0 Å². The van der Waals surface area contributed by atoms with Crippen LogP contribution in [0.2, 0.25) is 0 Å². The lowest BCUT2D eigenvalue weighted by molar-refractivity contribution is 0.399. The summed E-state index contributed by atoms with van der Waals surface area (Å²) in [5.41, 5.74) is 6.25. The van der Waals surface area contributed by atoms with E-state index in [-0.39, 0.29) is 0 Å². The highest BCUT2D eigenvalue weighted by molar-refractivity contribution is 7.98. The number of hydrogen-bond acceptors (Lipinski definition) is 6. The monoisotopic (exact) mass is 228 g/mol. The van der Waals surface area contributed by atoms with Crippen LogP contribution in [0.1, 0.15) is 6.42 Å². The molecule has 0 saturated heterocycles. The molecule has 3 N–H and O–H groups in total. The summed E-state index contributed by atoms with van der Waals surface area (Å²) in [6, 6.07) is 0. The van der Waals surface area contributed by atoms with Gasteiger partial charge in [0.2, 0.25) is 5.88 Å². The maximum Gasteiger partial charge on any atom is 0.242 e. The Morgan fingerprint density at radius 3 is 3.00 bits per heavy atom. The van der Waals surface area contributed by atoms with Crippen LogP contribution in [0.3, 0.4) is 0 Å². The van der Waals surface area contributed by atoms with E-state index in [0.29, 0.717) is 17.4 Å². The van der Waals surface area contributed by atoms with Gasteiger partial charge >= 0.3 is 0 Å². The lowest BCUT2D eigenvalue weighted by Gasteiger charge is -2.09. The van der Waals surface area contributed by atoms with Crippen LogP contribution >= 0.6 is 11.8 Å². The van der Waals surface area contributed by atoms with Gasteiger partial charge in [0.25, 0.3) is 0 Å². The smallest absolute Gasteiger partial charge is 0.242 e. The maximum atomic E-state index is 5.79. The summed E-state index contributed by atoms with van der Waals surface area (Å²) in [5, 5.41) is 3.15. The minimum atomic E-state index is 0.414. The third kappa shape index (κ3) is 3.47. The molecule has 0 aromatic carbocycles. The number of nitrogens with zero attached hydrogens (tertiary/aromatic N) is 2. The summed E-state index contributed by atoms with van der Waals surface area (Å²) < 4.78 is 4.99. The van der Waals surface area contributed by atoms with Gasteiger partial charge in [-0.25, -0.2) is 4.98 Å². The normalized spacial score (nSPS) is 10.0. The van der Waals surface area contributed by atoms with Gasteiger partial charge in [-0.15, -0.1) is 0 Å². The maximum absolute atomic E-state index is 5.79. The molecule has 0 aliphatic heterocycles. The second kappa shape index (κ2) is 6.34. The van der Waals surface area contributed by atoms with E-state index in [1.165, 1.54) is 13.4 Å². The number of nitrogen functional groups attached to an aromatic ring is 1. The number of methoxy groups -OCH3 is 1. The third-order valence-corrected chi connectivity index (χ3v) is 2.56. The van der Waals surface area contributed by atoms with Crippen molar-refractivity contribution in [2.24, 2.45) is 0 Å². The Labute approximate surface area is 93.8 Å². The van der Waals surface area contributed by atoms with Gasteiger partial charge in [-0.3, -0.25) is 0 Å². The Hall–Kier alpha value is -1.17. The predicted octanol–water partition coefficient (Wildman–Crippen LogP) is 1.23. The molecule has 1 aromatic heterocycles. The largest absolute Gasteiger partial charge is 0.479 e. The number of nitrogens with one attached hydrogen (secondary N) is 1. The molecule has 0 aliphatic rings. The fourth-order valence-electron chi connectivity index (χ4n) is 1.11. The van der Waals surface area contributed by atoms with Crippen molar-refractivity contribution in [3.8, 4) is 5.88 Å². The van der Waals surface area contributed by atoms with Crippen LogP contribution in [-0.2, 0) is 0 Å². The molecule has 1 rings (SSSR count). The zero-order valence-electron chi connectivity index (χ0n) is 8.99. The first-order valence-electron chi connectivity index (χ1n) is 4.67. The van der Waals surface area contributed by atoms with Gasteiger partial charge in [-0.05, 0) is 18.4 Å². The van der Waals surface area contributed by atoms with Crippen LogP contribution < -0.4 is 15.8 Å². The Balaban J connectivity index is 2.53. The summed E-state index contributed by atoms with van der Waals surface area (Å²) in [6.45, 7) is 0.852. The SMILES string of the molecule is COc1ncnc(NCCCSC)c1N. The minimum absolute atomic E-state index is 0.414. The molecule has 6 heteroatoms. The summed E-state index contributed by atoms with van der Waals surface area (Å²) in [4.78, 5) is 7.95. The highest BCUT2D eigenvalue weighted by atomic mass is 32.2. The molecule has 1 heterocycles. The first kappa shape index (κ1) is 11.9. The number of thioether (sulfide) groups is 1. The molecule has 0 aliphatic carbocycles. The van der Waals surface area contributed by atoms with Gasteiger partial charge in [-0.2, -0.15) is 16.7 Å². The first-order chi connectivity index (χ1) is 7.29. The molecule has 0 fully saturated rings. The number of rotatable bonds is 6. The Bertz CT molecular complexity index is 308. The fraction of sp³-hybridized carbons (Fsp3) is 0.556. The fourth-order valence-corrected chi connectivity index (χ4v) is 1.54. The zero-order chi connectivity index (χ0) is 11.1. The van der Waals surface area contributed by atoms with Gasteiger partial charge in [0.1, 0.15) is 12.0 Å². The molecule has 1 aromatic rings. The van der Waals surface area contributed by atoms with Crippen molar-refractivity contribution < 1.29 is 4.74 Å². The standard InChI is InChI=1S/C9H16N4OS/c1-14-9-7(10)8(12-6-13-9)11-4-3-5-15-2/h6H,3-5,10H2,1-2H3,(H,11,12,13). The Morgan fingerprint density at radius 1 is 1.53 bits per heavy atom. The number of ether oxygens (including phenoxy) is 1. The number of nitrogens with two attached hydrogens (primary N) is 1. The number of anilines is 2. The quantitative estimate of drug-likeness (QED) is 0.713. The summed E-state index contributed by atoms with van der Waals surface area (Å²) in [5.74, 6) is 2.18. The topological polar surface area (TPSA) is 73.1 Å². The van der Waals surface area contributed by atoms with Gasteiger partial charge in [0.15, 0.2) is 5.82 Å². The molecular weight excluding hydrogens is 212 g/mol. The van der Waals surface area contributed by atoms with Crippen molar-refractivity contribution in [1.82, 2.24) is 9.97 Å². The van der Waals surface area contributed by atoms with E-state index in [1.54, 1.807) is 0 Å². The van der Waals surface area contributed by atoms with E-state index >= 15 is 0 Å². The lowest BCUT2D eigenvalue weighted by atomic mass is 10.4. The van der Waals surface area contributed by atoms with E-state index in [4.69, 9.17) is 10.5 Å². The average Bonchev–Trinajstić information content (AvgIpc) is 2.26. The van der Waals surface area contributed by atoms with E-state index in [0.717, 1.165) is 18.7 Å². The molecule has 0 bridgehead atoms. The van der Waals surface area contributed by atoms with E-state index in [2.05, 4.69) is 21.5 Å². The van der Waals surface area contributed by atoms with Gasteiger partial charge < -0.3 is 15.8 Å². The van der Waals surface area contributed by atoms with Crippen molar-refractivity contribution >= 4 is 23.3 Å². The second-order valence-corrected chi connectivity index (χ2v) is 3.90. The lowest BCUT2D eigenvalue weighted by Crippen LogP contribution is -2.08. The molecule has 0 spiro atoms. The average molecular weight is 228 g/mol. The highest BCUT2D eigenvalue weighted by Crippen LogP contribution is 2.23. The van der Waals surface area contributed by atoms with Crippen LogP contribution in [0.5, 0.6) is 5.88 Å².